The molecule has 4 rings (SSSR count). The summed E-state index contributed by atoms with van der Waals surface area (Å²) in [5, 5.41) is 16.9. The highest BCUT2D eigenvalue weighted by atomic mass is 16.1. The molecule has 2 N–H and O–H groups in total. The van der Waals surface area contributed by atoms with Crippen LogP contribution in [-0.4, -0.2) is 10.5 Å². The van der Waals surface area contributed by atoms with Gasteiger partial charge in [0.25, 0.3) is 5.56 Å². The number of carbonyl (C=O) groups is 1. The predicted octanol–water partition coefficient (Wildman–Crippen LogP) is 5.56. The molecule has 6 heteroatoms. The monoisotopic (exact) mass is 448 g/mol. The summed E-state index contributed by atoms with van der Waals surface area (Å²) in [5.41, 5.74) is 6.44. The van der Waals surface area contributed by atoms with E-state index < -0.39 is 0 Å². The molecule has 168 valence electrons. The smallest absolute Gasteiger partial charge is 0.258 e. The van der Waals surface area contributed by atoms with Crippen LogP contribution in [0.3, 0.4) is 0 Å². The predicted molar refractivity (Wildman–Crippen MR) is 137 cm³/mol. The van der Waals surface area contributed by atoms with Crippen LogP contribution in [0, 0.1) is 25.2 Å². The number of fused-ring (bicyclic) bond motifs is 1. The van der Waals surface area contributed by atoms with E-state index >= 15 is 0 Å². The number of aromatic nitrogens is 1. The van der Waals surface area contributed by atoms with Crippen molar-refractivity contribution in [1.29, 1.82) is 5.26 Å². The molecule has 0 saturated carbocycles. The second kappa shape index (κ2) is 9.08. The van der Waals surface area contributed by atoms with E-state index in [2.05, 4.69) is 23.3 Å². The Bertz CT molecular complexity index is 1540. The molecule has 0 bridgehead atoms. The van der Waals surface area contributed by atoms with E-state index in [-0.39, 0.29) is 11.5 Å². The van der Waals surface area contributed by atoms with Crippen LogP contribution in [0.2, 0.25) is 0 Å². The summed E-state index contributed by atoms with van der Waals surface area (Å²) in [6, 6.07) is 18.9. The minimum atomic E-state index is -0.314. The number of pyridine rings is 1. The molecule has 0 saturated heterocycles. The lowest BCUT2D eigenvalue weighted by Crippen LogP contribution is -2.17. The Labute approximate surface area is 197 Å². The lowest BCUT2D eigenvalue weighted by molar-refractivity contribution is -0.111. The fraction of sp³-hybridized carbons (Fsp3) is 0.107. The van der Waals surface area contributed by atoms with Crippen LogP contribution in [0.1, 0.15) is 16.7 Å². The molecule has 3 aromatic carbocycles. The largest absolute Gasteiger partial charge is 0.355 e. The van der Waals surface area contributed by atoms with Crippen LogP contribution >= 0.6 is 0 Å². The molecular weight excluding hydrogens is 424 g/mol. The Morgan fingerprint density at radius 1 is 1.03 bits per heavy atom. The maximum Gasteiger partial charge on any atom is 0.258 e. The third-order valence-electron chi connectivity index (χ3n) is 5.82. The first-order valence-electron chi connectivity index (χ1n) is 10.8. The lowest BCUT2D eigenvalue weighted by atomic mass is 9.97. The summed E-state index contributed by atoms with van der Waals surface area (Å²) in [4.78, 5) is 24.8. The fourth-order valence-electron chi connectivity index (χ4n) is 4.05. The number of carbonyl (C=O) groups excluding carboxylic acids is 1. The van der Waals surface area contributed by atoms with Crippen LogP contribution < -0.4 is 16.2 Å². The van der Waals surface area contributed by atoms with Gasteiger partial charge in [-0.2, -0.15) is 5.26 Å². The summed E-state index contributed by atoms with van der Waals surface area (Å²) >= 11 is 0. The number of amides is 1. The van der Waals surface area contributed by atoms with E-state index in [1.807, 2.05) is 50.2 Å². The van der Waals surface area contributed by atoms with Crippen molar-refractivity contribution in [3.63, 3.8) is 0 Å². The second-order valence-corrected chi connectivity index (χ2v) is 8.18. The Balaban J connectivity index is 1.99. The van der Waals surface area contributed by atoms with Gasteiger partial charge in [-0.05, 0) is 66.8 Å². The van der Waals surface area contributed by atoms with Crippen molar-refractivity contribution in [2.24, 2.45) is 7.05 Å². The number of benzene rings is 3. The molecule has 0 aliphatic heterocycles. The van der Waals surface area contributed by atoms with Crippen LogP contribution in [0.4, 0.5) is 17.1 Å². The molecule has 34 heavy (non-hydrogen) atoms. The molecule has 4 aromatic rings. The molecular formula is C28H24N4O2. The number of aryl methyl sites for hydroxylation is 3. The number of nitriles is 1. The highest BCUT2D eigenvalue weighted by Gasteiger charge is 2.16. The van der Waals surface area contributed by atoms with Gasteiger partial charge in [0.05, 0.1) is 11.6 Å². The zero-order chi connectivity index (χ0) is 24.4. The number of rotatable bonds is 5. The maximum absolute atomic E-state index is 12.9. The standard InChI is InChI=1S/C28H24N4O2/c1-5-26(33)30-20-10-12-25(31-27-17(2)7-6-8-18(27)3)22(14-20)24-16-32(4)28(34)23-13-19(15-29)9-11-21(23)24/h5-14,16,31H,1H2,2-4H3,(H,30,33). The van der Waals surface area contributed by atoms with Gasteiger partial charge in [-0.15, -0.1) is 0 Å². The minimum absolute atomic E-state index is 0.184. The summed E-state index contributed by atoms with van der Waals surface area (Å²) in [6.45, 7) is 7.60. The van der Waals surface area contributed by atoms with Crippen molar-refractivity contribution in [3.8, 4) is 17.2 Å². The second-order valence-electron chi connectivity index (χ2n) is 8.18. The zero-order valence-corrected chi connectivity index (χ0v) is 19.3. The molecule has 0 radical (unpaired) electrons. The average Bonchev–Trinajstić information content (AvgIpc) is 2.84. The molecule has 1 heterocycles. The number of para-hydroxylation sites is 1. The van der Waals surface area contributed by atoms with Gasteiger partial charge in [0.15, 0.2) is 0 Å². The van der Waals surface area contributed by atoms with Crippen molar-refractivity contribution in [3.05, 3.63) is 100 Å². The molecule has 0 aliphatic carbocycles. The van der Waals surface area contributed by atoms with Crippen molar-refractivity contribution in [1.82, 2.24) is 4.57 Å². The Morgan fingerprint density at radius 2 is 1.76 bits per heavy atom. The van der Waals surface area contributed by atoms with Gasteiger partial charge >= 0.3 is 0 Å². The first-order chi connectivity index (χ1) is 16.3. The number of nitrogens with one attached hydrogen (secondary N) is 2. The number of hydrogen-bond donors (Lipinski definition) is 2. The third kappa shape index (κ3) is 4.19. The summed E-state index contributed by atoms with van der Waals surface area (Å²) in [7, 11) is 1.69. The van der Waals surface area contributed by atoms with Crippen molar-refractivity contribution >= 4 is 33.7 Å². The first-order valence-corrected chi connectivity index (χ1v) is 10.8. The molecule has 1 aromatic heterocycles. The van der Waals surface area contributed by atoms with E-state index in [1.165, 1.54) is 10.6 Å². The van der Waals surface area contributed by atoms with E-state index in [0.29, 0.717) is 16.6 Å². The number of nitrogens with zero attached hydrogens (tertiary/aromatic N) is 2. The van der Waals surface area contributed by atoms with E-state index in [4.69, 9.17) is 0 Å². The van der Waals surface area contributed by atoms with Gasteiger partial charge in [-0.3, -0.25) is 9.59 Å². The molecule has 6 nitrogen and oxygen atoms in total. The molecule has 0 spiro atoms. The molecule has 0 unspecified atom stereocenters. The molecule has 0 atom stereocenters. The van der Waals surface area contributed by atoms with Gasteiger partial charge in [-0.25, -0.2) is 0 Å². The molecule has 0 aliphatic rings. The molecule has 0 fully saturated rings. The van der Waals surface area contributed by atoms with Crippen LogP contribution in [-0.2, 0) is 11.8 Å². The first kappa shape index (κ1) is 22.6. The summed E-state index contributed by atoms with van der Waals surface area (Å²) in [5.74, 6) is -0.314. The molecule has 1 amide bonds. The SMILES string of the molecule is C=CC(=O)Nc1ccc(Nc2c(C)cccc2C)c(-c2cn(C)c(=O)c3cc(C#N)ccc23)c1. The topological polar surface area (TPSA) is 86.9 Å². The van der Waals surface area contributed by atoms with Gasteiger partial charge < -0.3 is 15.2 Å². The average molecular weight is 449 g/mol. The van der Waals surface area contributed by atoms with Gasteiger partial charge in [0.2, 0.25) is 5.91 Å². The Kier molecular flexibility index (Phi) is 6.03. The fourth-order valence-corrected chi connectivity index (χ4v) is 4.05. The van der Waals surface area contributed by atoms with Gasteiger partial charge in [0, 0.05) is 46.8 Å². The number of anilines is 3. The normalized spacial score (nSPS) is 10.5. The van der Waals surface area contributed by atoms with Gasteiger partial charge in [-0.1, -0.05) is 30.8 Å². The van der Waals surface area contributed by atoms with Crippen LogP contribution in [0.5, 0.6) is 0 Å². The van der Waals surface area contributed by atoms with E-state index in [0.717, 1.165) is 39.0 Å². The highest BCUT2D eigenvalue weighted by molar-refractivity contribution is 6.03. The maximum atomic E-state index is 12.9. The zero-order valence-electron chi connectivity index (χ0n) is 19.3. The van der Waals surface area contributed by atoms with Gasteiger partial charge in [0.1, 0.15) is 0 Å². The summed E-state index contributed by atoms with van der Waals surface area (Å²) in [6.07, 6.45) is 2.99. The van der Waals surface area contributed by atoms with Crippen LogP contribution in [0.15, 0.2) is 78.2 Å². The van der Waals surface area contributed by atoms with Crippen molar-refractivity contribution in [2.75, 3.05) is 10.6 Å². The number of hydrogen-bond acceptors (Lipinski definition) is 4. The van der Waals surface area contributed by atoms with E-state index in [9.17, 15) is 14.9 Å². The van der Waals surface area contributed by atoms with Crippen LogP contribution in [0.25, 0.3) is 21.9 Å². The highest BCUT2D eigenvalue weighted by Crippen LogP contribution is 2.37. The minimum Gasteiger partial charge on any atom is -0.355 e. The summed E-state index contributed by atoms with van der Waals surface area (Å²) < 4.78 is 1.51. The lowest BCUT2D eigenvalue weighted by Gasteiger charge is -2.19. The van der Waals surface area contributed by atoms with Crippen molar-refractivity contribution < 1.29 is 4.79 Å². The van der Waals surface area contributed by atoms with E-state index in [1.54, 1.807) is 31.4 Å². The van der Waals surface area contributed by atoms with Crippen molar-refractivity contribution in [2.45, 2.75) is 13.8 Å². The third-order valence-corrected chi connectivity index (χ3v) is 5.82. The Hall–Kier alpha value is -4.63. The Morgan fingerprint density at radius 3 is 2.44 bits per heavy atom. The quantitative estimate of drug-likeness (QED) is 0.391.